The van der Waals surface area contributed by atoms with Crippen molar-refractivity contribution in [1.29, 1.82) is 0 Å². The number of benzene rings is 2. The maximum Gasteiger partial charge on any atom is 0.198 e. The molecule has 0 saturated heterocycles. The molecule has 1 N–H and O–H groups in total. The molecule has 0 atom stereocenters. The number of hydrogen-bond acceptors (Lipinski definition) is 3. The van der Waals surface area contributed by atoms with Crippen LogP contribution in [-0.4, -0.2) is 22.1 Å². The lowest BCUT2D eigenvalue weighted by Crippen LogP contribution is -2.51. The number of aliphatic hydroxyl groups is 1. The lowest BCUT2D eigenvalue weighted by atomic mass is 9.78. The number of halogens is 3. The van der Waals surface area contributed by atoms with Crippen LogP contribution in [0.3, 0.4) is 0 Å². The zero-order valence-corrected chi connectivity index (χ0v) is 17.8. The average Bonchev–Trinajstić information content (AvgIpc) is 3.19. The summed E-state index contributed by atoms with van der Waals surface area (Å²) in [4.78, 5) is 13.5. The molecule has 0 bridgehead atoms. The van der Waals surface area contributed by atoms with Crippen molar-refractivity contribution in [1.82, 2.24) is 0 Å². The zero-order chi connectivity index (χ0) is 22.6. The van der Waals surface area contributed by atoms with Gasteiger partial charge in [0, 0.05) is 0 Å². The van der Waals surface area contributed by atoms with Crippen LogP contribution in [-0.2, 0) is 16.0 Å². The molecule has 6 heteroatoms. The van der Waals surface area contributed by atoms with Gasteiger partial charge in [0.05, 0.1) is 5.57 Å². The normalized spacial score (nSPS) is 20.0. The quantitative estimate of drug-likeness (QED) is 0.582. The number of carbonyl (C=O) groups excluding carboxylic acids is 1. The van der Waals surface area contributed by atoms with Gasteiger partial charge in [-0.2, -0.15) is 0 Å². The maximum absolute atomic E-state index is 13.7. The molecule has 2 aliphatic rings. The van der Waals surface area contributed by atoms with Crippen LogP contribution in [0.25, 0.3) is 16.7 Å². The fraction of sp³-hybridized carbons (Fsp3) is 0.400. The molecule has 1 aliphatic heterocycles. The van der Waals surface area contributed by atoms with Crippen LogP contribution in [0.2, 0.25) is 0 Å². The van der Waals surface area contributed by atoms with Crippen LogP contribution >= 0.6 is 0 Å². The minimum absolute atomic E-state index is 0.114. The zero-order valence-electron chi connectivity index (χ0n) is 17.8. The van der Waals surface area contributed by atoms with E-state index in [0.29, 0.717) is 30.4 Å². The number of rotatable bonds is 3. The molecule has 0 radical (unpaired) electrons. The second kappa shape index (κ2) is 7.52. The summed E-state index contributed by atoms with van der Waals surface area (Å²) in [5.41, 5.74) is 0.314. The fourth-order valence-electron chi connectivity index (χ4n) is 4.78. The molecule has 3 nitrogen and oxygen atoms in total. The van der Waals surface area contributed by atoms with E-state index in [9.17, 15) is 23.1 Å². The first-order valence-electron chi connectivity index (χ1n) is 10.6. The molecule has 4 rings (SSSR count). The Kier molecular flexibility index (Phi) is 5.24. The van der Waals surface area contributed by atoms with Crippen molar-refractivity contribution in [3.63, 3.8) is 0 Å². The Morgan fingerprint density at radius 1 is 1.00 bits per heavy atom. The molecule has 1 fully saturated rings. The van der Waals surface area contributed by atoms with Gasteiger partial charge in [0.25, 0.3) is 0 Å². The van der Waals surface area contributed by atoms with E-state index in [-0.39, 0.29) is 22.7 Å². The molecule has 0 aromatic heterocycles. The van der Waals surface area contributed by atoms with Crippen molar-refractivity contribution in [2.75, 3.05) is 0 Å². The molecule has 1 spiro atoms. The number of aliphatic hydroxyl groups excluding tert-OH is 1. The molecule has 2 aromatic rings. The highest BCUT2D eigenvalue weighted by atomic mass is 19.2. The van der Waals surface area contributed by atoms with Gasteiger partial charge in [-0.15, -0.1) is 0 Å². The van der Waals surface area contributed by atoms with E-state index >= 15 is 0 Å². The Labute approximate surface area is 179 Å². The van der Waals surface area contributed by atoms with Gasteiger partial charge in [-0.1, -0.05) is 25.1 Å². The van der Waals surface area contributed by atoms with Crippen molar-refractivity contribution in [2.45, 2.75) is 64.1 Å². The number of aryl methyl sites for hydroxylation is 1. The van der Waals surface area contributed by atoms with Crippen molar-refractivity contribution in [2.24, 2.45) is 0 Å². The molecule has 0 unspecified atom stereocenters. The first-order valence-corrected chi connectivity index (χ1v) is 10.6. The second-order valence-electron chi connectivity index (χ2n) is 8.85. The lowest BCUT2D eigenvalue weighted by molar-refractivity contribution is -0.165. The largest absolute Gasteiger partial charge is 0.508 e. The maximum atomic E-state index is 13.7. The predicted molar refractivity (Wildman–Crippen MR) is 112 cm³/mol. The number of hydrogen-bond donors (Lipinski definition) is 1. The molecule has 1 saturated carbocycles. The van der Waals surface area contributed by atoms with E-state index < -0.39 is 28.7 Å². The van der Waals surface area contributed by atoms with Crippen molar-refractivity contribution >= 4 is 11.4 Å². The molecule has 1 heterocycles. The molecule has 2 aromatic carbocycles. The number of carbonyl (C=O) groups is 1. The average molecular weight is 430 g/mol. The van der Waals surface area contributed by atoms with E-state index in [2.05, 4.69) is 0 Å². The number of ketones is 1. The standard InChI is InChI=1S/C25H25F3O3/c1-4-14-11-15(16-12-18(26)21(28)19(27)13-16)7-8-17(14)20-22(29)24(2,3)31-25(23(20)30)9-5-6-10-25/h7-8,11-13,29H,4-6,9-10H2,1-3H3. The smallest absolute Gasteiger partial charge is 0.198 e. The Morgan fingerprint density at radius 2 is 1.61 bits per heavy atom. The molecule has 1 aliphatic carbocycles. The van der Waals surface area contributed by atoms with Gasteiger partial charge in [-0.3, -0.25) is 4.79 Å². The summed E-state index contributed by atoms with van der Waals surface area (Å²) in [5, 5.41) is 11.0. The first kappa shape index (κ1) is 21.6. The highest BCUT2D eigenvalue weighted by Crippen LogP contribution is 2.48. The van der Waals surface area contributed by atoms with Crippen LogP contribution in [0.4, 0.5) is 13.2 Å². The van der Waals surface area contributed by atoms with Crippen molar-refractivity contribution < 1.29 is 27.8 Å². The van der Waals surface area contributed by atoms with Crippen LogP contribution in [0.1, 0.15) is 57.6 Å². The number of Topliss-reactive ketones (excluding diaryl/α,β-unsaturated/α-hetero) is 1. The Morgan fingerprint density at radius 3 is 2.19 bits per heavy atom. The van der Waals surface area contributed by atoms with Gasteiger partial charge < -0.3 is 9.84 Å². The van der Waals surface area contributed by atoms with Crippen LogP contribution in [0.5, 0.6) is 0 Å². The topological polar surface area (TPSA) is 46.5 Å². The molecule has 0 amide bonds. The Balaban J connectivity index is 1.85. The summed E-state index contributed by atoms with van der Waals surface area (Å²) in [7, 11) is 0. The molecular weight excluding hydrogens is 405 g/mol. The SMILES string of the molecule is CCc1cc(-c2cc(F)c(F)c(F)c2)ccc1C1=C(O)C(C)(C)OC2(CCCC2)C1=O. The van der Waals surface area contributed by atoms with Crippen LogP contribution < -0.4 is 0 Å². The van der Waals surface area contributed by atoms with E-state index in [1.54, 1.807) is 32.0 Å². The van der Waals surface area contributed by atoms with Gasteiger partial charge in [0.15, 0.2) is 23.2 Å². The first-order chi connectivity index (χ1) is 14.6. The number of ether oxygens (including phenoxy) is 1. The molecular formula is C25H25F3O3. The Bertz CT molecular complexity index is 1070. The summed E-state index contributed by atoms with van der Waals surface area (Å²) in [6.45, 7) is 5.39. The van der Waals surface area contributed by atoms with Crippen molar-refractivity contribution in [3.8, 4) is 11.1 Å². The van der Waals surface area contributed by atoms with Gasteiger partial charge >= 0.3 is 0 Å². The lowest BCUT2D eigenvalue weighted by Gasteiger charge is -2.42. The second-order valence-corrected chi connectivity index (χ2v) is 8.85. The van der Waals surface area contributed by atoms with E-state index in [1.807, 2.05) is 6.92 Å². The van der Waals surface area contributed by atoms with Gasteiger partial charge in [0.2, 0.25) is 0 Å². The minimum Gasteiger partial charge on any atom is -0.508 e. The monoisotopic (exact) mass is 430 g/mol. The van der Waals surface area contributed by atoms with E-state index in [0.717, 1.165) is 30.5 Å². The van der Waals surface area contributed by atoms with E-state index in [4.69, 9.17) is 4.74 Å². The summed E-state index contributed by atoms with van der Waals surface area (Å²) in [6.07, 6.45) is 3.52. The van der Waals surface area contributed by atoms with Gasteiger partial charge in [-0.25, -0.2) is 13.2 Å². The van der Waals surface area contributed by atoms with Gasteiger partial charge in [-0.05, 0) is 80.3 Å². The van der Waals surface area contributed by atoms with Crippen molar-refractivity contribution in [3.05, 3.63) is 64.7 Å². The summed E-state index contributed by atoms with van der Waals surface area (Å²) < 4.78 is 46.9. The summed E-state index contributed by atoms with van der Waals surface area (Å²) in [5.74, 6) is -4.37. The Hall–Kier alpha value is -2.60. The highest BCUT2D eigenvalue weighted by molar-refractivity contribution is 6.26. The van der Waals surface area contributed by atoms with Crippen LogP contribution in [0.15, 0.2) is 36.1 Å². The molecule has 164 valence electrons. The van der Waals surface area contributed by atoms with Gasteiger partial charge in [0.1, 0.15) is 17.0 Å². The third kappa shape index (κ3) is 3.47. The predicted octanol–water partition coefficient (Wildman–Crippen LogP) is 6.29. The highest BCUT2D eigenvalue weighted by Gasteiger charge is 2.53. The summed E-state index contributed by atoms with van der Waals surface area (Å²) in [6, 6.07) is 6.91. The van der Waals surface area contributed by atoms with E-state index in [1.165, 1.54) is 0 Å². The summed E-state index contributed by atoms with van der Waals surface area (Å²) >= 11 is 0. The third-order valence-electron chi connectivity index (χ3n) is 6.38. The minimum atomic E-state index is -1.51. The van der Waals surface area contributed by atoms with Crippen LogP contribution in [0, 0.1) is 17.5 Å². The third-order valence-corrected chi connectivity index (χ3v) is 6.38. The molecule has 31 heavy (non-hydrogen) atoms. The fourth-order valence-corrected chi connectivity index (χ4v) is 4.78.